The SMILES string of the molecule is OC(c1cncc(F)c1)c1cc2cccc(F)c2o1. The van der Waals surface area contributed by atoms with Crippen molar-refractivity contribution in [3.63, 3.8) is 0 Å². The Balaban J connectivity index is 2.06. The van der Waals surface area contributed by atoms with Crippen LogP contribution in [0, 0.1) is 11.6 Å². The minimum atomic E-state index is -1.19. The molecule has 0 aliphatic carbocycles. The Bertz CT molecular complexity index is 739. The van der Waals surface area contributed by atoms with Gasteiger partial charge in [0.15, 0.2) is 11.4 Å². The molecule has 1 aromatic carbocycles. The van der Waals surface area contributed by atoms with E-state index >= 15 is 0 Å². The van der Waals surface area contributed by atoms with Gasteiger partial charge in [-0.05, 0) is 18.2 Å². The van der Waals surface area contributed by atoms with E-state index in [-0.39, 0.29) is 16.9 Å². The number of para-hydroxylation sites is 1. The van der Waals surface area contributed by atoms with Crippen LogP contribution in [-0.2, 0) is 0 Å². The van der Waals surface area contributed by atoms with Gasteiger partial charge in [-0.15, -0.1) is 0 Å². The highest BCUT2D eigenvalue weighted by Crippen LogP contribution is 2.29. The fourth-order valence-corrected chi connectivity index (χ4v) is 1.92. The molecule has 0 aliphatic heterocycles. The van der Waals surface area contributed by atoms with Gasteiger partial charge in [0.1, 0.15) is 17.7 Å². The van der Waals surface area contributed by atoms with Gasteiger partial charge in [0.05, 0.1) is 6.20 Å². The van der Waals surface area contributed by atoms with Crippen molar-refractivity contribution in [2.24, 2.45) is 0 Å². The maximum atomic E-state index is 13.5. The maximum absolute atomic E-state index is 13.5. The molecule has 3 nitrogen and oxygen atoms in total. The molecule has 19 heavy (non-hydrogen) atoms. The van der Waals surface area contributed by atoms with Gasteiger partial charge in [0, 0.05) is 17.1 Å². The molecule has 0 bridgehead atoms. The van der Waals surface area contributed by atoms with Crippen LogP contribution < -0.4 is 0 Å². The van der Waals surface area contributed by atoms with Gasteiger partial charge < -0.3 is 9.52 Å². The zero-order valence-corrected chi connectivity index (χ0v) is 9.68. The molecule has 1 unspecified atom stereocenters. The lowest BCUT2D eigenvalue weighted by molar-refractivity contribution is 0.191. The Labute approximate surface area is 107 Å². The number of benzene rings is 1. The molecule has 3 rings (SSSR count). The van der Waals surface area contributed by atoms with Crippen LogP contribution in [0.5, 0.6) is 0 Å². The number of fused-ring (bicyclic) bond motifs is 1. The van der Waals surface area contributed by atoms with Gasteiger partial charge in [0.2, 0.25) is 0 Å². The first-order chi connectivity index (χ1) is 9.15. The lowest BCUT2D eigenvalue weighted by Gasteiger charge is -2.06. The molecule has 0 radical (unpaired) electrons. The van der Waals surface area contributed by atoms with Gasteiger partial charge in [-0.2, -0.15) is 0 Å². The van der Waals surface area contributed by atoms with Crippen molar-refractivity contribution in [3.05, 3.63) is 65.7 Å². The lowest BCUT2D eigenvalue weighted by Crippen LogP contribution is -1.99. The molecule has 2 aromatic heterocycles. The molecule has 0 saturated carbocycles. The number of pyridine rings is 1. The Morgan fingerprint density at radius 2 is 2.00 bits per heavy atom. The van der Waals surface area contributed by atoms with Crippen molar-refractivity contribution in [2.45, 2.75) is 6.10 Å². The average Bonchev–Trinajstić information content (AvgIpc) is 2.83. The largest absolute Gasteiger partial charge is 0.455 e. The van der Waals surface area contributed by atoms with Crippen molar-refractivity contribution in [1.29, 1.82) is 0 Å². The summed E-state index contributed by atoms with van der Waals surface area (Å²) in [4.78, 5) is 3.65. The number of nitrogens with zero attached hydrogens (tertiary/aromatic N) is 1. The summed E-state index contributed by atoms with van der Waals surface area (Å²) in [5, 5.41) is 10.6. The second kappa shape index (κ2) is 4.44. The molecule has 1 N–H and O–H groups in total. The number of halogens is 2. The first-order valence-corrected chi connectivity index (χ1v) is 5.61. The van der Waals surface area contributed by atoms with E-state index in [0.29, 0.717) is 5.39 Å². The van der Waals surface area contributed by atoms with Crippen molar-refractivity contribution < 1.29 is 18.3 Å². The first kappa shape index (κ1) is 11.8. The van der Waals surface area contributed by atoms with Gasteiger partial charge in [-0.1, -0.05) is 12.1 Å². The van der Waals surface area contributed by atoms with Crippen LogP contribution >= 0.6 is 0 Å². The standard InChI is InChI=1S/C14H9F2NO2/c15-10-4-9(6-17-7-10)13(18)12-5-8-2-1-3-11(16)14(8)19-12/h1-7,13,18H. The molecule has 0 spiro atoms. The molecule has 1 atom stereocenters. The zero-order chi connectivity index (χ0) is 13.4. The summed E-state index contributed by atoms with van der Waals surface area (Å²) in [5.41, 5.74) is 0.320. The van der Waals surface area contributed by atoms with Gasteiger partial charge in [0.25, 0.3) is 0 Å². The van der Waals surface area contributed by atoms with Gasteiger partial charge in [-0.3, -0.25) is 4.98 Å². The Morgan fingerprint density at radius 1 is 1.16 bits per heavy atom. The zero-order valence-electron chi connectivity index (χ0n) is 9.68. The van der Waals surface area contributed by atoms with E-state index in [4.69, 9.17) is 4.42 Å². The highest BCUT2D eigenvalue weighted by molar-refractivity contribution is 5.78. The van der Waals surface area contributed by atoms with E-state index in [0.717, 1.165) is 12.3 Å². The molecule has 2 heterocycles. The molecule has 0 fully saturated rings. The fraction of sp³-hybridized carbons (Fsp3) is 0.0714. The van der Waals surface area contributed by atoms with E-state index in [9.17, 15) is 13.9 Å². The van der Waals surface area contributed by atoms with Crippen LogP contribution in [0.4, 0.5) is 8.78 Å². The second-order valence-electron chi connectivity index (χ2n) is 4.15. The van der Waals surface area contributed by atoms with Crippen LogP contribution in [0.15, 0.2) is 47.1 Å². The molecule has 0 saturated heterocycles. The average molecular weight is 261 g/mol. The quantitative estimate of drug-likeness (QED) is 0.770. The third-order valence-corrected chi connectivity index (χ3v) is 2.83. The summed E-state index contributed by atoms with van der Waals surface area (Å²) in [5.74, 6) is -0.917. The van der Waals surface area contributed by atoms with Crippen LogP contribution in [-0.4, -0.2) is 10.1 Å². The summed E-state index contributed by atoms with van der Waals surface area (Å²) >= 11 is 0. The molecular weight excluding hydrogens is 252 g/mol. The van der Waals surface area contributed by atoms with E-state index in [2.05, 4.69) is 4.98 Å². The summed E-state index contributed by atoms with van der Waals surface area (Å²) in [6.07, 6.45) is 1.18. The number of hydrogen-bond donors (Lipinski definition) is 1. The van der Waals surface area contributed by atoms with Crippen molar-refractivity contribution >= 4 is 11.0 Å². The third kappa shape index (κ3) is 2.08. The molecule has 5 heteroatoms. The van der Waals surface area contributed by atoms with Crippen molar-refractivity contribution in [3.8, 4) is 0 Å². The number of hydrogen-bond acceptors (Lipinski definition) is 3. The molecule has 0 amide bonds. The highest BCUT2D eigenvalue weighted by atomic mass is 19.1. The summed E-state index contributed by atoms with van der Waals surface area (Å²) in [7, 11) is 0. The smallest absolute Gasteiger partial charge is 0.170 e. The van der Waals surface area contributed by atoms with Crippen LogP contribution in [0.25, 0.3) is 11.0 Å². The van der Waals surface area contributed by atoms with E-state index in [1.165, 1.54) is 18.3 Å². The Hall–Kier alpha value is -2.27. The normalized spacial score (nSPS) is 12.8. The minimum absolute atomic E-state index is 0.0703. The third-order valence-electron chi connectivity index (χ3n) is 2.83. The Kier molecular flexibility index (Phi) is 2.76. The summed E-state index contributed by atoms with van der Waals surface area (Å²) in [6, 6.07) is 7.16. The van der Waals surface area contributed by atoms with Crippen LogP contribution in [0.1, 0.15) is 17.4 Å². The topological polar surface area (TPSA) is 46.3 Å². The lowest BCUT2D eigenvalue weighted by atomic mass is 10.1. The predicted octanol–water partition coefficient (Wildman–Crippen LogP) is 3.19. The van der Waals surface area contributed by atoms with E-state index in [1.54, 1.807) is 12.1 Å². The first-order valence-electron chi connectivity index (χ1n) is 5.61. The number of aromatic nitrogens is 1. The molecule has 96 valence electrons. The van der Waals surface area contributed by atoms with Gasteiger partial charge in [-0.25, -0.2) is 8.78 Å². The molecule has 0 aliphatic rings. The second-order valence-corrected chi connectivity index (χ2v) is 4.15. The monoisotopic (exact) mass is 261 g/mol. The van der Waals surface area contributed by atoms with Crippen molar-refractivity contribution in [2.75, 3.05) is 0 Å². The molecular formula is C14H9F2NO2. The maximum Gasteiger partial charge on any atom is 0.170 e. The fourth-order valence-electron chi connectivity index (χ4n) is 1.92. The minimum Gasteiger partial charge on any atom is -0.455 e. The summed E-state index contributed by atoms with van der Waals surface area (Å²) in [6.45, 7) is 0. The van der Waals surface area contributed by atoms with Crippen LogP contribution in [0.2, 0.25) is 0 Å². The predicted molar refractivity (Wildman–Crippen MR) is 64.4 cm³/mol. The van der Waals surface area contributed by atoms with E-state index < -0.39 is 17.7 Å². The van der Waals surface area contributed by atoms with Gasteiger partial charge >= 0.3 is 0 Å². The number of furan rings is 1. The highest BCUT2D eigenvalue weighted by Gasteiger charge is 2.17. The van der Waals surface area contributed by atoms with E-state index in [1.807, 2.05) is 0 Å². The number of aliphatic hydroxyl groups is 1. The van der Waals surface area contributed by atoms with Crippen LogP contribution in [0.3, 0.4) is 0 Å². The molecule has 3 aromatic rings. The number of aliphatic hydroxyl groups excluding tert-OH is 1. The number of rotatable bonds is 2. The van der Waals surface area contributed by atoms with Crippen molar-refractivity contribution in [1.82, 2.24) is 4.98 Å². The Morgan fingerprint density at radius 3 is 2.74 bits per heavy atom. The summed E-state index contributed by atoms with van der Waals surface area (Å²) < 4.78 is 31.8.